The number of carbonyl (C=O) groups is 1. The fourth-order valence-electron chi connectivity index (χ4n) is 2.59. The van der Waals surface area contributed by atoms with E-state index in [9.17, 15) is 4.79 Å². The van der Waals surface area contributed by atoms with Gasteiger partial charge >= 0.3 is 0 Å². The van der Waals surface area contributed by atoms with Crippen molar-refractivity contribution in [3.63, 3.8) is 0 Å². The molecule has 1 aromatic rings. The van der Waals surface area contributed by atoms with Crippen LogP contribution >= 0.6 is 11.6 Å². The third kappa shape index (κ3) is 2.63. The standard InChI is InChI=1S/C14H18ClNO/c1-10-5-3-6-11(2)16(10)14(17)12-7-4-8-13(15)9-12/h4,7-11H,3,5-6H2,1-2H3/t10-,11+. The van der Waals surface area contributed by atoms with Crippen LogP contribution in [0.25, 0.3) is 0 Å². The number of hydrogen-bond donors (Lipinski definition) is 0. The normalized spacial score (nSPS) is 24.8. The first kappa shape index (κ1) is 12.4. The van der Waals surface area contributed by atoms with Gasteiger partial charge in [0.25, 0.3) is 5.91 Å². The quantitative estimate of drug-likeness (QED) is 0.745. The van der Waals surface area contributed by atoms with Gasteiger partial charge in [0.1, 0.15) is 0 Å². The van der Waals surface area contributed by atoms with E-state index in [1.807, 2.05) is 17.0 Å². The van der Waals surface area contributed by atoms with Crippen LogP contribution < -0.4 is 0 Å². The summed E-state index contributed by atoms with van der Waals surface area (Å²) in [6.45, 7) is 4.25. The number of amides is 1. The van der Waals surface area contributed by atoms with Crippen molar-refractivity contribution >= 4 is 17.5 Å². The van der Waals surface area contributed by atoms with Gasteiger partial charge in [0.15, 0.2) is 0 Å². The van der Waals surface area contributed by atoms with E-state index in [1.54, 1.807) is 12.1 Å². The molecular formula is C14H18ClNO. The molecule has 3 heteroatoms. The monoisotopic (exact) mass is 251 g/mol. The smallest absolute Gasteiger partial charge is 0.254 e. The Balaban J connectivity index is 2.24. The summed E-state index contributed by atoms with van der Waals surface area (Å²) in [5.41, 5.74) is 0.693. The van der Waals surface area contributed by atoms with E-state index >= 15 is 0 Å². The summed E-state index contributed by atoms with van der Waals surface area (Å²) < 4.78 is 0. The number of nitrogens with zero attached hydrogens (tertiary/aromatic N) is 1. The lowest BCUT2D eigenvalue weighted by molar-refractivity contribution is 0.0511. The molecule has 2 nitrogen and oxygen atoms in total. The highest BCUT2D eigenvalue weighted by Gasteiger charge is 2.29. The van der Waals surface area contributed by atoms with Crippen molar-refractivity contribution in [2.75, 3.05) is 0 Å². The van der Waals surface area contributed by atoms with Crippen LogP contribution in [0.1, 0.15) is 43.5 Å². The van der Waals surface area contributed by atoms with Crippen LogP contribution in [-0.2, 0) is 0 Å². The van der Waals surface area contributed by atoms with Gasteiger partial charge in [-0.2, -0.15) is 0 Å². The van der Waals surface area contributed by atoms with Gasteiger partial charge in [-0.15, -0.1) is 0 Å². The van der Waals surface area contributed by atoms with Crippen molar-refractivity contribution in [3.8, 4) is 0 Å². The first-order valence-electron chi connectivity index (χ1n) is 6.18. The highest BCUT2D eigenvalue weighted by Crippen LogP contribution is 2.25. The Morgan fingerprint density at radius 2 is 1.94 bits per heavy atom. The van der Waals surface area contributed by atoms with Crippen LogP contribution in [0.5, 0.6) is 0 Å². The third-order valence-corrected chi connectivity index (χ3v) is 3.73. The number of hydrogen-bond acceptors (Lipinski definition) is 1. The Morgan fingerprint density at radius 1 is 1.29 bits per heavy atom. The third-order valence-electron chi connectivity index (χ3n) is 3.50. The maximum atomic E-state index is 12.4. The first-order valence-corrected chi connectivity index (χ1v) is 6.55. The SMILES string of the molecule is C[C@@H]1CCC[C@H](C)N1C(=O)c1cccc(Cl)c1. The molecule has 0 aliphatic carbocycles. The molecule has 0 unspecified atom stereocenters. The zero-order chi connectivity index (χ0) is 12.4. The number of likely N-dealkylation sites (tertiary alicyclic amines) is 1. The average Bonchev–Trinajstić information content (AvgIpc) is 2.28. The van der Waals surface area contributed by atoms with E-state index in [4.69, 9.17) is 11.6 Å². The van der Waals surface area contributed by atoms with E-state index in [0.717, 1.165) is 12.8 Å². The minimum atomic E-state index is 0.104. The molecule has 0 bridgehead atoms. The minimum absolute atomic E-state index is 0.104. The molecular weight excluding hydrogens is 234 g/mol. The zero-order valence-corrected chi connectivity index (χ0v) is 11.1. The molecule has 1 heterocycles. The second-order valence-corrected chi connectivity index (χ2v) is 5.29. The Labute approximate surface area is 108 Å². The fraction of sp³-hybridized carbons (Fsp3) is 0.500. The van der Waals surface area contributed by atoms with Crippen molar-refractivity contribution in [1.29, 1.82) is 0 Å². The van der Waals surface area contributed by atoms with Crippen LogP contribution in [0.4, 0.5) is 0 Å². The lowest BCUT2D eigenvalue weighted by atomic mass is 9.96. The van der Waals surface area contributed by atoms with Gasteiger partial charge < -0.3 is 4.90 Å². The number of carbonyl (C=O) groups excluding carboxylic acids is 1. The van der Waals surface area contributed by atoms with Gasteiger partial charge in [-0.3, -0.25) is 4.79 Å². The van der Waals surface area contributed by atoms with Gasteiger partial charge in [-0.05, 0) is 51.3 Å². The summed E-state index contributed by atoms with van der Waals surface area (Å²) >= 11 is 5.93. The van der Waals surface area contributed by atoms with E-state index in [1.165, 1.54) is 6.42 Å². The molecule has 1 aliphatic heterocycles. The molecule has 0 radical (unpaired) electrons. The summed E-state index contributed by atoms with van der Waals surface area (Å²) in [7, 11) is 0. The summed E-state index contributed by atoms with van der Waals surface area (Å²) in [6.07, 6.45) is 3.40. The highest BCUT2D eigenvalue weighted by atomic mass is 35.5. The highest BCUT2D eigenvalue weighted by molar-refractivity contribution is 6.30. The molecule has 17 heavy (non-hydrogen) atoms. The number of piperidine rings is 1. The Kier molecular flexibility index (Phi) is 3.72. The zero-order valence-electron chi connectivity index (χ0n) is 10.3. The molecule has 0 N–H and O–H groups in total. The lowest BCUT2D eigenvalue weighted by Gasteiger charge is -2.39. The van der Waals surface area contributed by atoms with Gasteiger partial charge in [0, 0.05) is 22.7 Å². The predicted octanol–water partition coefficient (Wildman–Crippen LogP) is 3.74. The molecule has 1 fully saturated rings. The molecule has 1 saturated heterocycles. The van der Waals surface area contributed by atoms with E-state index < -0.39 is 0 Å². The largest absolute Gasteiger partial charge is 0.333 e. The van der Waals surface area contributed by atoms with Crippen LogP contribution in [-0.4, -0.2) is 22.9 Å². The first-order chi connectivity index (χ1) is 8.09. The van der Waals surface area contributed by atoms with Crippen molar-refractivity contribution < 1.29 is 4.79 Å². The molecule has 1 amide bonds. The molecule has 0 aromatic heterocycles. The van der Waals surface area contributed by atoms with Gasteiger partial charge in [-0.1, -0.05) is 17.7 Å². The van der Waals surface area contributed by atoms with Crippen LogP contribution in [0.15, 0.2) is 24.3 Å². The Bertz CT molecular complexity index is 408. The van der Waals surface area contributed by atoms with E-state index in [-0.39, 0.29) is 5.91 Å². The predicted molar refractivity (Wildman–Crippen MR) is 70.4 cm³/mol. The number of benzene rings is 1. The minimum Gasteiger partial charge on any atom is -0.333 e. The molecule has 0 saturated carbocycles. The summed E-state index contributed by atoms with van der Waals surface area (Å²) in [5, 5.41) is 0.619. The van der Waals surface area contributed by atoms with E-state index in [2.05, 4.69) is 13.8 Å². The Morgan fingerprint density at radius 3 is 2.53 bits per heavy atom. The lowest BCUT2D eigenvalue weighted by Crippen LogP contribution is -2.47. The second kappa shape index (κ2) is 5.09. The second-order valence-electron chi connectivity index (χ2n) is 4.85. The van der Waals surface area contributed by atoms with Crippen molar-refractivity contribution in [3.05, 3.63) is 34.9 Å². The average molecular weight is 252 g/mol. The van der Waals surface area contributed by atoms with Gasteiger partial charge in [0.2, 0.25) is 0 Å². The maximum Gasteiger partial charge on any atom is 0.254 e. The van der Waals surface area contributed by atoms with Crippen molar-refractivity contribution in [2.24, 2.45) is 0 Å². The summed E-state index contributed by atoms with van der Waals surface area (Å²) in [6, 6.07) is 7.85. The molecule has 0 spiro atoms. The topological polar surface area (TPSA) is 20.3 Å². The number of halogens is 1. The number of rotatable bonds is 1. The Hall–Kier alpha value is -1.02. The van der Waals surface area contributed by atoms with E-state index in [0.29, 0.717) is 22.7 Å². The van der Waals surface area contributed by atoms with Crippen LogP contribution in [0.2, 0.25) is 5.02 Å². The van der Waals surface area contributed by atoms with Crippen LogP contribution in [0, 0.1) is 0 Å². The molecule has 1 aliphatic rings. The molecule has 2 rings (SSSR count). The van der Waals surface area contributed by atoms with Gasteiger partial charge in [0.05, 0.1) is 0 Å². The van der Waals surface area contributed by atoms with Gasteiger partial charge in [-0.25, -0.2) is 0 Å². The van der Waals surface area contributed by atoms with Crippen molar-refractivity contribution in [2.45, 2.75) is 45.2 Å². The fourth-order valence-corrected chi connectivity index (χ4v) is 2.78. The molecule has 1 aromatic carbocycles. The maximum absolute atomic E-state index is 12.4. The summed E-state index contributed by atoms with van der Waals surface area (Å²) in [5.74, 6) is 0.104. The van der Waals surface area contributed by atoms with Crippen molar-refractivity contribution in [1.82, 2.24) is 4.90 Å². The molecule has 92 valence electrons. The molecule has 2 atom stereocenters. The summed E-state index contributed by atoms with van der Waals surface area (Å²) in [4.78, 5) is 14.4. The van der Waals surface area contributed by atoms with Crippen LogP contribution in [0.3, 0.4) is 0 Å².